The fourth-order valence-corrected chi connectivity index (χ4v) is 1.56. The molecule has 21 heavy (non-hydrogen) atoms. The second kappa shape index (κ2) is 6.64. The van der Waals surface area contributed by atoms with Gasteiger partial charge in [0.15, 0.2) is 0 Å². The lowest BCUT2D eigenvalue weighted by Crippen LogP contribution is -2.43. The van der Waals surface area contributed by atoms with Crippen LogP contribution in [0.25, 0.3) is 0 Å². The van der Waals surface area contributed by atoms with E-state index in [1.54, 1.807) is 13.8 Å². The van der Waals surface area contributed by atoms with E-state index < -0.39 is 35.0 Å². The fraction of sp³-hybridized carbons (Fsp3) is 0.333. The minimum Gasteiger partial charge on any atom is -0.480 e. The minimum atomic E-state index is -1.19. The molecule has 0 aliphatic heterocycles. The van der Waals surface area contributed by atoms with Crippen LogP contribution in [0.3, 0.4) is 0 Å². The Morgan fingerprint density at radius 3 is 2.52 bits per heavy atom. The second-order valence-electron chi connectivity index (χ2n) is 4.47. The molecule has 0 saturated heterocycles. The van der Waals surface area contributed by atoms with Crippen LogP contribution in [0.15, 0.2) is 18.2 Å². The Morgan fingerprint density at radius 2 is 2.10 bits per heavy atom. The number of rotatable bonds is 5. The molecule has 1 aromatic carbocycles. The summed E-state index contributed by atoms with van der Waals surface area (Å²) in [6, 6.07) is 1.76. The highest BCUT2D eigenvalue weighted by molar-refractivity contribution is 5.91. The average molecular weight is 299 g/mol. The summed E-state index contributed by atoms with van der Waals surface area (Å²) in [5.74, 6) is -2.28. The van der Waals surface area contributed by atoms with Crippen LogP contribution < -0.4 is 5.32 Å². The number of hydrogen-bond donors (Lipinski definition) is 2. The van der Waals surface area contributed by atoms with Crippen LogP contribution in [-0.2, 0) is 4.79 Å². The van der Waals surface area contributed by atoms with Gasteiger partial charge in [0.2, 0.25) is 5.82 Å². The molecule has 0 spiro atoms. The van der Waals surface area contributed by atoms with Gasteiger partial charge >= 0.3 is 17.7 Å². The van der Waals surface area contributed by atoms with E-state index in [0.29, 0.717) is 0 Å². The maximum atomic E-state index is 13.4. The Labute approximate surface area is 119 Å². The molecule has 0 bridgehead atoms. The van der Waals surface area contributed by atoms with E-state index in [9.17, 15) is 24.1 Å². The van der Waals surface area contributed by atoms with Crippen molar-refractivity contribution in [1.29, 1.82) is 0 Å². The molecule has 0 radical (unpaired) electrons. The molecule has 0 aliphatic rings. The molecule has 0 heterocycles. The third-order valence-electron chi connectivity index (χ3n) is 2.59. The maximum Gasteiger partial charge on any atom is 0.323 e. The monoisotopic (exact) mass is 299 g/mol. The SMILES string of the molecule is CC(C)N(CC(=O)O)C(=O)Nc1ccc([N+](=O)[O-])c(F)c1. The van der Waals surface area contributed by atoms with Crippen LogP contribution in [0.5, 0.6) is 0 Å². The molecule has 1 rings (SSSR count). The molecule has 0 unspecified atom stereocenters. The van der Waals surface area contributed by atoms with Crippen LogP contribution in [0.1, 0.15) is 13.8 Å². The van der Waals surface area contributed by atoms with Crippen LogP contribution >= 0.6 is 0 Å². The Morgan fingerprint density at radius 1 is 1.48 bits per heavy atom. The maximum absolute atomic E-state index is 13.4. The van der Waals surface area contributed by atoms with Gasteiger partial charge < -0.3 is 15.3 Å². The van der Waals surface area contributed by atoms with Crippen molar-refractivity contribution in [2.75, 3.05) is 11.9 Å². The minimum absolute atomic E-state index is 0.000797. The Balaban J connectivity index is 2.89. The van der Waals surface area contributed by atoms with Crippen LogP contribution in [0.2, 0.25) is 0 Å². The van der Waals surface area contributed by atoms with Crippen molar-refractivity contribution in [2.24, 2.45) is 0 Å². The summed E-state index contributed by atoms with van der Waals surface area (Å²) in [4.78, 5) is 33.2. The summed E-state index contributed by atoms with van der Waals surface area (Å²) in [7, 11) is 0. The van der Waals surface area contributed by atoms with Crippen LogP contribution in [0, 0.1) is 15.9 Å². The lowest BCUT2D eigenvalue weighted by molar-refractivity contribution is -0.387. The molecule has 0 aliphatic carbocycles. The lowest BCUT2D eigenvalue weighted by Gasteiger charge is -2.25. The van der Waals surface area contributed by atoms with E-state index in [4.69, 9.17) is 5.11 Å². The predicted molar refractivity (Wildman–Crippen MR) is 71.6 cm³/mol. The quantitative estimate of drug-likeness (QED) is 0.638. The lowest BCUT2D eigenvalue weighted by atomic mass is 10.2. The molecule has 1 aromatic rings. The number of aliphatic carboxylic acids is 1. The van der Waals surface area contributed by atoms with Gasteiger partial charge in [-0.1, -0.05) is 0 Å². The van der Waals surface area contributed by atoms with Crippen molar-refractivity contribution in [1.82, 2.24) is 4.90 Å². The smallest absolute Gasteiger partial charge is 0.323 e. The highest BCUT2D eigenvalue weighted by Gasteiger charge is 2.21. The zero-order valence-electron chi connectivity index (χ0n) is 11.4. The van der Waals surface area contributed by atoms with Gasteiger partial charge in [0.05, 0.1) is 4.92 Å². The highest BCUT2D eigenvalue weighted by Crippen LogP contribution is 2.21. The summed E-state index contributed by atoms with van der Waals surface area (Å²) in [5.41, 5.74) is -0.710. The molecule has 2 amide bonds. The van der Waals surface area contributed by atoms with Gasteiger partial charge in [-0.3, -0.25) is 14.9 Å². The third-order valence-corrected chi connectivity index (χ3v) is 2.59. The molecule has 2 N–H and O–H groups in total. The largest absolute Gasteiger partial charge is 0.480 e. The van der Waals surface area contributed by atoms with E-state index >= 15 is 0 Å². The molecule has 114 valence electrons. The van der Waals surface area contributed by atoms with Gasteiger partial charge in [0, 0.05) is 23.9 Å². The molecule has 9 heteroatoms. The average Bonchev–Trinajstić information content (AvgIpc) is 2.34. The summed E-state index contributed by atoms with van der Waals surface area (Å²) in [6.45, 7) is 2.73. The van der Waals surface area contributed by atoms with Crippen molar-refractivity contribution >= 4 is 23.4 Å². The Hall–Kier alpha value is -2.71. The van der Waals surface area contributed by atoms with Gasteiger partial charge in [-0.15, -0.1) is 0 Å². The number of nitro groups is 1. The highest BCUT2D eigenvalue weighted by atomic mass is 19.1. The number of nitro benzene ring substituents is 1. The number of carbonyl (C=O) groups excluding carboxylic acids is 1. The first-order valence-corrected chi connectivity index (χ1v) is 5.95. The van der Waals surface area contributed by atoms with Crippen molar-refractivity contribution in [3.05, 3.63) is 34.1 Å². The van der Waals surface area contributed by atoms with Crippen molar-refractivity contribution < 1.29 is 24.0 Å². The number of carbonyl (C=O) groups is 2. The van der Waals surface area contributed by atoms with E-state index in [1.807, 2.05) is 0 Å². The van der Waals surface area contributed by atoms with E-state index in [-0.39, 0.29) is 11.7 Å². The van der Waals surface area contributed by atoms with Crippen LogP contribution in [-0.4, -0.2) is 39.5 Å². The number of hydrogen-bond acceptors (Lipinski definition) is 4. The summed E-state index contributed by atoms with van der Waals surface area (Å²) < 4.78 is 13.4. The number of anilines is 1. The van der Waals surface area contributed by atoms with Crippen molar-refractivity contribution in [3.8, 4) is 0 Å². The van der Waals surface area contributed by atoms with Gasteiger partial charge in [0.1, 0.15) is 6.54 Å². The van der Waals surface area contributed by atoms with Gasteiger partial charge in [0.25, 0.3) is 0 Å². The number of nitrogens with one attached hydrogen (secondary N) is 1. The Kier molecular flexibility index (Phi) is 5.17. The second-order valence-corrected chi connectivity index (χ2v) is 4.47. The number of halogens is 1. The normalized spacial score (nSPS) is 10.3. The van der Waals surface area contributed by atoms with E-state index in [0.717, 1.165) is 17.0 Å². The number of urea groups is 1. The molecule has 0 aromatic heterocycles. The topological polar surface area (TPSA) is 113 Å². The number of carboxylic acids is 1. The zero-order chi connectivity index (χ0) is 16.2. The number of benzene rings is 1. The first kappa shape index (κ1) is 16.3. The Bertz CT molecular complexity index is 576. The molecule has 0 atom stereocenters. The van der Waals surface area contributed by atoms with Gasteiger partial charge in [-0.05, 0) is 19.9 Å². The van der Waals surface area contributed by atoms with Crippen molar-refractivity contribution in [2.45, 2.75) is 19.9 Å². The molecular weight excluding hydrogens is 285 g/mol. The predicted octanol–water partition coefficient (Wildman–Crippen LogP) is 2.06. The molecular formula is C12H14FN3O5. The number of carboxylic acid groups (broad SMARTS) is 1. The summed E-state index contributed by atoms with van der Waals surface area (Å²) in [5, 5.41) is 21.5. The van der Waals surface area contributed by atoms with Crippen molar-refractivity contribution in [3.63, 3.8) is 0 Å². The molecule has 0 fully saturated rings. The summed E-state index contributed by atoms with van der Waals surface area (Å²) in [6.07, 6.45) is 0. The zero-order valence-corrected chi connectivity index (χ0v) is 11.4. The van der Waals surface area contributed by atoms with Gasteiger partial charge in [-0.2, -0.15) is 4.39 Å². The van der Waals surface area contributed by atoms with Crippen LogP contribution in [0.4, 0.5) is 20.6 Å². The van der Waals surface area contributed by atoms with Gasteiger partial charge in [-0.25, -0.2) is 4.79 Å². The number of nitrogens with zero attached hydrogens (tertiary/aromatic N) is 2. The number of amides is 2. The first-order chi connectivity index (χ1) is 9.72. The molecule has 0 saturated carbocycles. The fourth-order valence-electron chi connectivity index (χ4n) is 1.56. The summed E-state index contributed by atoms with van der Waals surface area (Å²) >= 11 is 0. The standard InChI is InChI=1S/C12H14FN3O5/c1-7(2)15(6-11(17)18)12(19)14-8-3-4-10(16(20)21)9(13)5-8/h3-5,7H,6H2,1-2H3,(H,14,19)(H,17,18). The van der Waals surface area contributed by atoms with E-state index in [1.165, 1.54) is 6.07 Å². The third kappa shape index (κ3) is 4.41. The first-order valence-electron chi connectivity index (χ1n) is 5.95. The molecule has 8 nitrogen and oxygen atoms in total. The van der Waals surface area contributed by atoms with E-state index in [2.05, 4.69) is 5.32 Å².